The molecule has 1 heterocycles. The molecular formula is C12H22N4OS2. The van der Waals surface area contributed by atoms with Crippen LogP contribution in [0.5, 0.6) is 0 Å². The van der Waals surface area contributed by atoms with Crippen LogP contribution < -0.4 is 10.6 Å². The lowest BCUT2D eigenvalue weighted by Crippen LogP contribution is -2.44. The van der Waals surface area contributed by atoms with E-state index in [0.717, 1.165) is 9.47 Å². The second kappa shape index (κ2) is 6.56. The van der Waals surface area contributed by atoms with Crippen molar-refractivity contribution in [3.8, 4) is 0 Å². The van der Waals surface area contributed by atoms with E-state index in [9.17, 15) is 4.79 Å². The maximum absolute atomic E-state index is 12.0. The summed E-state index contributed by atoms with van der Waals surface area (Å²) in [6, 6.07) is 0.326. The van der Waals surface area contributed by atoms with Gasteiger partial charge in [0.25, 0.3) is 0 Å². The monoisotopic (exact) mass is 302 g/mol. The van der Waals surface area contributed by atoms with Crippen molar-refractivity contribution in [2.75, 3.05) is 5.32 Å². The van der Waals surface area contributed by atoms with Crippen molar-refractivity contribution in [3.05, 3.63) is 0 Å². The van der Waals surface area contributed by atoms with Gasteiger partial charge in [-0.3, -0.25) is 4.79 Å². The second-order valence-electron chi connectivity index (χ2n) is 5.67. The maximum atomic E-state index is 12.0. The SMILES string of the molecule is CC(C)Nc1nnc(S[C@H](C)C(=O)NC(C)(C)C)s1. The summed E-state index contributed by atoms with van der Waals surface area (Å²) in [5.41, 5.74) is -0.211. The van der Waals surface area contributed by atoms with Crippen LogP contribution in [0, 0.1) is 0 Å². The number of nitrogens with zero attached hydrogens (tertiary/aromatic N) is 2. The van der Waals surface area contributed by atoms with Gasteiger partial charge in [0, 0.05) is 11.6 Å². The van der Waals surface area contributed by atoms with Gasteiger partial charge in [-0.15, -0.1) is 10.2 Å². The molecule has 1 rings (SSSR count). The zero-order valence-electron chi connectivity index (χ0n) is 12.3. The van der Waals surface area contributed by atoms with Crippen LogP contribution in [0.25, 0.3) is 0 Å². The van der Waals surface area contributed by atoms with Gasteiger partial charge in [0.05, 0.1) is 5.25 Å². The Kier molecular flexibility index (Phi) is 5.61. The quantitative estimate of drug-likeness (QED) is 0.819. The molecule has 2 N–H and O–H groups in total. The number of thioether (sulfide) groups is 1. The highest BCUT2D eigenvalue weighted by atomic mass is 32.2. The van der Waals surface area contributed by atoms with Crippen LogP contribution in [0.1, 0.15) is 41.5 Å². The molecule has 0 spiro atoms. The van der Waals surface area contributed by atoms with Crippen molar-refractivity contribution >= 4 is 34.1 Å². The van der Waals surface area contributed by atoms with E-state index in [1.54, 1.807) is 0 Å². The third-order valence-corrected chi connectivity index (χ3v) is 4.00. The Hall–Kier alpha value is -0.820. The standard InChI is InChI=1S/C12H22N4OS2/c1-7(2)13-10-15-16-11(19-10)18-8(3)9(17)14-12(4,5)6/h7-8H,1-6H3,(H,13,15)(H,14,17)/t8-/m1/s1. The van der Waals surface area contributed by atoms with Crippen LogP contribution in [0.3, 0.4) is 0 Å². The molecule has 1 amide bonds. The molecule has 1 aromatic rings. The third kappa shape index (κ3) is 6.24. The highest BCUT2D eigenvalue weighted by molar-refractivity contribution is 8.02. The Morgan fingerprint density at radius 3 is 2.42 bits per heavy atom. The number of aromatic nitrogens is 2. The van der Waals surface area contributed by atoms with E-state index in [1.807, 2.05) is 41.5 Å². The molecule has 0 aliphatic carbocycles. The van der Waals surface area contributed by atoms with Crippen molar-refractivity contribution < 1.29 is 4.79 Å². The summed E-state index contributed by atoms with van der Waals surface area (Å²) < 4.78 is 0.805. The van der Waals surface area contributed by atoms with E-state index in [4.69, 9.17) is 0 Å². The zero-order chi connectivity index (χ0) is 14.6. The number of hydrogen-bond donors (Lipinski definition) is 2. The Balaban J connectivity index is 2.54. The number of nitrogens with one attached hydrogen (secondary N) is 2. The predicted molar refractivity (Wildman–Crippen MR) is 81.9 cm³/mol. The van der Waals surface area contributed by atoms with E-state index in [0.29, 0.717) is 6.04 Å². The molecule has 0 saturated carbocycles. The second-order valence-corrected chi connectivity index (χ2v) is 8.24. The van der Waals surface area contributed by atoms with Crippen LogP contribution in [0.15, 0.2) is 4.34 Å². The van der Waals surface area contributed by atoms with Crippen LogP contribution in [0.2, 0.25) is 0 Å². The minimum Gasteiger partial charge on any atom is -0.358 e. The largest absolute Gasteiger partial charge is 0.358 e. The van der Waals surface area contributed by atoms with Gasteiger partial charge in [0.2, 0.25) is 11.0 Å². The highest BCUT2D eigenvalue weighted by Gasteiger charge is 2.21. The molecule has 0 unspecified atom stereocenters. The lowest BCUT2D eigenvalue weighted by Gasteiger charge is -2.22. The number of anilines is 1. The van der Waals surface area contributed by atoms with Crippen LogP contribution in [0.4, 0.5) is 5.13 Å². The lowest BCUT2D eigenvalue weighted by molar-refractivity contribution is -0.121. The van der Waals surface area contributed by atoms with E-state index in [1.165, 1.54) is 23.1 Å². The number of carbonyl (C=O) groups is 1. The van der Waals surface area contributed by atoms with Crippen LogP contribution >= 0.6 is 23.1 Å². The molecular weight excluding hydrogens is 280 g/mol. The summed E-state index contributed by atoms with van der Waals surface area (Å²) >= 11 is 2.91. The van der Waals surface area contributed by atoms with E-state index in [2.05, 4.69) is 20.8 Å². The molecule has 7 heteroatoms. The molecule has 5 nitrogen and oxygen atoms in total. The number of hydrogen-bond acceptors (Lipinski definition) is 6. The summed E-state index contributed by atoms with van der Waals surface area (Å²) in [6.45, 7) is 11.9. The molecule has 0 saturated heterocycles. The molecule has 108 valence electrons. The molecule has 0 aromatic carbocycles. The van der Waals surface area contributed by atoms with Crippen molar-refractivity contribution in [3.63, 3.8) is 0 Å². The lowest BCUT2D eigenvalue weighted by atomic mass is 10.1. The van der Waals surface area contributed by atoms with Crippen molar-refractivity contribution in [2.24, 2.45) is 0 Å². The molecule has 1 aromatic heterocycles. The zero-order valence-corrected chi connectivity index (χ0v) is 13.9. The number of carbonyl (C=O) groups excluding carboxylic acids is 1. The minimum atomic E-state index is -0.211. The van der Waals surface area contributed by atoms with E-state index < -0.39 is 0 Å². The summed E-state index contributed by atoms with van der Waals surface area (Å²) in [4.78, 5) is 12.0. The van der Waals surface area contributed by atoms with Gasteiger partial charge >= 0.3 is 0 Å². The van der Waals surface area contributed by atoms with Crippen LogP contribution in [-0.4, -0.2) is 32.9 Å². The van der Waals surface area contributed by atoms with Gasteiger partial charge < -0.3 is 10.6 Å². The smallest absolute Gasteiger partial charge is 0.233 e. The normalized spacial score (nSPS) is 13.4. The van der Waals surface area contributed by atoms with Gasteiger partial charge in [-0.05, 0) is 41.5 Å². The Morgan fingerprint density at radius 2 is 1.89 bits per heavy atom. The van der Waals surface area contributed by atoms with Gasteiger partial charge in [-0.2, -0.15) is 0 Å². The van der Waals surface area contributed by atoms with Gasteiger partial charge in [-0.25, -0.2) is 0 Å². The summed E-state index contributed by atoms with van der Waals surface area (Å²) in [5, 5.41) is 14.9. The Labute approximate surface area is 123 Å². The van der Waals surface area contributed by atoms with Gasteiger partial charge in [0.1, 0.15) is 0 Å². The minimum absolute atomic E-state index is 0.0195. The van der Waals surface area contributed by atoms with Crippen molar-refractivity contribution in [1.82, 2.24) is 15.5 Å². The molecule has 0 aliphatic heterocycles. The first-order valence-corrected chi connectivity index (χ1v) is 7.95. The fourth-order valence-electron chi connectivity index (χ4n) is 1.24. The average molecular weight is 302 g/mol. The average Bonchev–Trinajstić information content (AvgIpc) is 2.61. The van der Waals surface area contributed by atoms with E-state index >= 15 is 0 Å². The maximum Gasteiger partial charge on any atom is 0.233 e. The first-order valence-electron chi connectivity index (χ1n) is 6.26. The summed E-state index contributed by atoms with van der Waals surface area (Å²) in [5.74, 6) is 0.0195. The summed E-state index contributed by atoms with van der Waals surface area (Å²) in [6.07, 6.45) is 0. The Morgan fingerprint density at radius 1 is 1.26 bits per heavy atom. The first-order chi connectivity index (χ1) is 8.67. The molecule has 0 aliphatic rings. The highest BCUT2D eigenvalue weighted by Crippen LogP contribution is 2.29. The number of amides is 1. The third-order valence-electron chi connectivity index (χ3n) is 1.96. The van der Waals surface area contributed by atoms with Crippen molar-refractivity contribution in [1.29, 1.82) is 0 Å². The van der Waals surface area contributed by atoms with Crippen molar-refractivity contribution in [2.45, 2.75) is 62.7 Å². The van der Waals surface area contributed by atoms with Crippen LogP contribution in [-0.2, 0) is 4.79 Å². The first kappa shape index (κ1) is 16.2. The molecule has 0 fully saturated rings. The molecule has 1 atom stereocenters. The molecule has 0 bridgehead atoms. The topological polar surface area (TPSA) is 66.9 Å². The molecule has 0 radical (unpaired) electrons. The van der Waals surface area contributed by atoms with E-state index in [-0.39, 0.29) is 16.7 Å². The summed E-state index contributed by atoms with van der Waals surface area (Å²) in [7, 11) is 0. The number of rotatable bonds is 5. The fourth-order valence-corrected chi connectivity index (χ4v) is 3.28. The Bertz CT molecular complexity index is 426. The fraction of sp³-hybridized carbons (Fsp3) is 0.750. The van der Waals surface area contributed by atoms with Gasteiger partial charge in [0.15, 0.2) is 4.34 Å². The predicted octanol–water partition coefficient (Wildman–Crippen LogP) is 2.75. The molecule has 19 heavy (non-hydrogen) atoms. The van der Waals surface area contributed by atoms with Gasteiger partial charge in [-0.1, -0.05) is 23.1 Å².